The monoisotopic (exact) mass is 332 g/mol. The number of hydrogen-bond acceptors (Lipinski definition) is 3. The summed E-state index contributed by atoms with van der Waals surface area (Å²) in [5.41, 5.74) is -0.701. The van der Waals surface area contributed by atoms with Crippen LogP contribution >= 0.6 is 0 Å². The molecule has 2 aliphatic heterocycles. The second-order valence-corrected chi connectivity index (χ2v) is 8.49. The van der Waals surface area contributed by atoms with Crippen molar-refractivity contribution in [3.63, 3.8) is 0 Å². The van der Waals surface area contributed by atoms with E-state index in [1.165, 1.54) is 6.07 Å². The Morgan fingerprint density at radius 1 is 1.14 bits per heavy atom. The Hall–Kier alpha value is -1.37. The van der Waals surface area contributed by atoms with Crippen molar-refractivity contribution in [2.45, 2.75) is 42.6 Å². The average molecular weight is 332 g/mol. The number of carbonyl (C=O) groups excluding carboxylic acids is 1. The summed E-state index contributed by atoms with van der Waals surface area (Å²) in [4.78, 5) is 12.4. The van der Waals surface area contributed by atoms with Crippen LogP contribution in [0, 0.1) is 11.7 Å². The molecule has 0 spiro atoms. The number of fused-ring (bicyclic) bond motifs is 2. The van der Waals surface area contributed by atoms with Crippen molar-refractivity contribution in [3.05, 3.63) is 35.1 Å². The minimum atomic E-state index is -3.13. The molecular formula is C15H15F3O3S. The molecule has 2 heterocycles. The Labute approximate surface area is 126 Å². The highest BCUT2D eigenvalue weighted by Crippen LogP contribution is 2.42. The number of sulfone groups is 1. The van der Waals surface area contributed by atoms with Gasteiger partial charge < -0.3 is 0 Å². The fraction of sp³-hybridized carbons (Fsp3) is 0.533. The van der Waals surface area contributed by atoms with Gasteiger partial charge in [-0.1, -0.05) is 6.07 Å². The summed E-state index contributed by atoms with van der Waals surface area (Å²) in [5, 5.41) is -0.990. The van der Waals surface area contributed by atoms with Crippen LogP contribution in [-0.4, -0.2) is 24.7 Å². The first kappa shape index (κ1) is 15.5. The highest BCUT2D eigenvalue weighted by Gasteiger charge is 2.48. The normalized spacial score (nSPS) is 29.7. The zero-order valence-corrected chi connectivity index (χ0v) is 12.5. The molecule has 22 heavy (non-hydrogen) atoms. The van der Waals surface area contributed by atoms with E-state index < -0.39 is 44.1 Å². The minimum Gasteiger partial charge on any atom is -0.294 e. The first-order chi connectivity index (χ1) is 10.3. The Morgan fingerprint density at radius 2 is 1.73 bits per heavy atom. The molecule has 3 nitrogen and oxygen atoms in total. The molecule has 2 aliphatic rings. The Bertz CT molecular complexity index is 695. The van der Waals surface area contributed by atoms with Gasteiger partial charge >= 0.3 is 0 Å². The molecule has 120 valence electrons. The van der Waals surface area contributed by atoms with Gasteiger partial charge in [0.25, 0.3) is 6.43 Å². The Morgan fingerprint density at radius 3 is 2.23 bits per heavy atom. The van der Waals surface area contributed by atoms with Gasteiger partial charge in [0.2, 0.25) is 0 Å². The molecule has 2 bridgehead atoms. The fourth-order valence-corrected chi connectivity index (χ4v) is 5.99. The van der Waals surface area contributed by atoms with Crippen LogP contribution < -0.4 is 0 Å². The standard InChI is InChI=1S/C15H15F3O3S/c16-13-7-8(1-4-12(13)15(17)18)14(19)9-5-10-2-3-11(6-9)22(10,20)21/h1,4,7,9-11,15H,2-3,5-6H2. The van der Waals surface area contributed by atoms with E-state index in [2.05, 4.69) is 0 Å². The molecule has 0 aliphatic carbocycles. The van der Waals surface area contributed by atoms with Crippen LogP contribution in [0.4, 0.5) is 13.2 Å². The van der Waals surface area contributed by atoms with Crippen LogP contribution in [0.2, 0.25) is 0 Å². The van der Waals surface area contributed by atoms with E-state index in [4.69, 9.17) is 0 Å². The molecule has 1 aromatic carbocycles. The molecule has 0 amide bonds. The van der Waals surface area contributed by atoms with Crippen LogP contribution in [0.15, 0.2) is 18.2 Å². The van der Waals surface area contributed by atoms with Crippen molar-refractivity contribution in [1.29, 1.82) is 0 Å². The lowest BCUT2D eigenvalue weighted by atomic mass is 9.90. The average Bonchev–Trinajstić information content (AvgIpc) is 2.66. The lowest BCUT2D eigenvalue weighted by Gasteiger charge is -2.27. The zero-order chi connectivity index (χ0) is 16.1. The van der Waals surface area contributed by atoms with Crippen LogP contribution in [0.25, 0.3) is 0 Å². The maximum absolute atomic E-state index is 13.6. The number of benzene rings is 1. The molecule has 0 N–H and O–H groups in total. The van der Waals surface area contributed by atoms with Gasteiger partial charge in [0.05, 0.1) is 16.1 Å². The number of carbonyl (C=O) groups is 1. The SMILES string of the molecule is O=C(c1ccc(C(F)F)c(F)c1)C1CC2CCC(C1)S2(=O)=O. The molecule has 2 fully saturated rings. The smallest absolute Gasteiger partial charge is 0.266 e. The van der Waals surface area contributed by atoms with E-state index in [0.717, 1.165) is 12.1 Å². The van der Waals surface area contributed by atoms with Crippen LogP contribution in [0.5, 0.6) is 0 Å². The van der Waals surface area contributed by atoms with Gasteiger partial charge in [0.1, 0.15) is 5.82 Å². The second kappa shape index (κ2) is 5.37. The van der Waals surface area contributed by atoms with Gasteiger partial charge in [-0.3, -0.25) is 4.79 Å². The molecule has 1 aromatic rings. The Kier molecular flexibility index (Phi) is 3.79. The summed E-state index contributed by atoms with van der Waals surface area (Å²) in [7, 11) is -3.13. The van der Waals surface area contributed by atoms with Gasteiger partial charge in [-0.05, 0) is 37.8 Å². The summed E-state index contributed by atoms with van der Waals surface area (Å²) in [5.74, 6) is -1.93. The van der Waals surface area contributed by atoms with Gasteiger partial charge in [-0.25, -0.2) is 21.6 Å². The molecule has 0 saturated carbocycles. The Balaban J connectivity index is 1.82. The number of ketones is 1. The van der Waals surface area contributed by atoms with E-state index >= 15 is 0 Å². The van der Waals surface area contributed by atoms with Crippen molar-refractivity contribution >= 4 is 15.6 Å². The van der Waals surface area contributed by atoms with Crippen molar-refractivity contribution in [1.82, 2.24) is 0 Å². The first-order valence-corrected chi connectivity index (χ1v) is 8.76. The first-order valence-electron chi connectivity index (χ1n) is 7.15. The predicted octanol–water partition coefficient (Wildman–Crippen LogP) is 3.30. The molecule has 2 saturated heterocycles. The highest BCUT2D eigenvalue weighted by atomic mass is 32.2. The molecule has 7 heteroatoms. The minimum absolute atomic E-state index is 0.0330. The van der Waals surface area contributed by atoms with Crippen molar-refractivity contribution < 1.29 is 26.4 Å². The molecule has 2 unspecified atom stereocenters. The van der Waals surface area contributed by atoms with Crippen molar-refractivity contribution in [2.24, 2.45) is 5.92 Å². The molecule has 2 atom stereocenters. The van der Waals surface area contributed by atoms with Gasteiger partial charge in [0, 0.05) is 11.5 Å². The van der Waals surface area contributed by atoms with Crippen molar-refractivity contribution in [2.75, 3.05) is 0 Å². The predicted molar refractivity (Wildman–Crippen MR) is 74.1 cm³/mol. The maximum atomic E-state index is 13.6. The summed E-state index contributed by atoms with van der Waals surface area (Å²) in [6, 6.07) is 2.94. The molecule has 0 aromatic heterocycles. The summed E-state index contributed by atoms with van der Waals surface area (Å²) in [6.45, 7) is 0. The van der Waals surface area contributed by atoms with E-state index in [-0.39, 0.29) is 24.2 Å². The second-order valence-electron chi connectivity index (χ2n) is 5.98. The third kappa shape index (κ3) is 2.45. The lowest BCUT2D eigenvalue weighted by Crippen LogP contribution is -2.36. The van der Waals surface area contributed by atoms with Crippen molar-refractivity contribution in [3.8, 4) is 0 Å². The lowest BCUT2D eigenvalue weighted by molar-refractivity contribution is 0.0904. The van der Waals surface area contributed by atoms with Crippen LogP contribution in [-0.2, 0) is 9.84 Å². The van der Waals surface area contributed by atoms with Gasteiger partial charge in [0.15, 0.2) is 15.6 Å². The van der Waals surface area contributed by atoms with Crippen LogP contribution in [0.1, 0.15) is 48.0 Å². The largest absolute Gasteiger partial charge is 0.294 e. The number of rotatable bonds is 3. The third-order valence-electron chi connectivity index (χ3n) is 4.73. The van der Waals surface area contributed by atoms with Crippen LogP contribution in [0.3, 0.4) is 0 Å². The fourth-order valence-electron chi connectivity index (χ4n) is 3.51. The van der Waals surface area contributed by atoms with E-state index in [1.54, 1.807) is 0 Å². The maximum Gasteiger partial charge on any atom is 0.266 e. The number of Topliss-reactive ketones (excluding diaryl/α,β-unsaturated/α-hetero) is 1. The topological polar surface area (TPSA) is 51.2 Å². The molecule has 3 rings (SSSR count). The van der Waals surface area contributed by atoms with Gasteiger partial charge in [-0.15, -0.1) is 0 Å². The molecular weight excluding hydrogens is 317 g/mol. The van der Waals surface area contributed by atoms with E-state index in [0.29, 0.717) is 12.8 Å². The van der Waals surface area contributed by atoms with E-state index in [9.17, 15) is 26.4 Å². The number of alkyl halides is 2. The third-order valence-corrected chi connectivity index (χ3v) is 7.44. The van der Waals surface area contributed by atoms with Gasteiger partial charge in [-0.2, -0.15) is 0 Å². The number of halogens is 3. The highest BCUT2D eigenvalue weighted by molar-refractivity contribution is 7.93. The summed E-state index contributed by atoms with van der Waals surface area (Å²) in [6.07, 6.45) is -1.31. The molecule has 0 radical (unpaired) electrons. The quantitative estimate of drug-likeness (QED) is 0.798. The van der Waals surface area contributed by atoms with E-state index in [1.807, 2.05) is 0 Å². The summed E-state index contributed by atoms with van der Waals surface area (Å²) < 4.78 is 62.6. The number of hydrogen-bond donors (Lipinski definition) is 0. The zero-order valence-electron chi connectivity index (χ0n) is 11.6. The summed E-state index contributed by atoms with van der Waals surface area (Å²) >= 11 is 0.